The summed E-state index contributed by atoms with van der Waals surface area (Å²) in [7, 11) is -3.90. The van der Waals surface area contributed by atoms with Crippen LogP contribution in [0.2, 0.25) is 0 Å². The minimum absolute atomic E-state index is 0.0704. The average molecular weight is 332 g/mol. The molecule has 1 unspecified atom stereocenters. The molecule has 22 heavy (non-hydrogen) atoms. The zero-order valence-corrected chi connectivity index (χ0v) is 13.3. The zero-order chi connectivity index (χ0) is 17.0. The van der Waals surface area contributed by atoms with Gasteiger partial charge in [-0.1, -0.05) is 13.8 Å². The van der Waals surface area contributed by atoms with Crippen molar-refractivity contribution in [2.24, 2.45) is 5.92 Å². The van der Waals surface area contributed by atoms with E-state index in [-0.39, 0.29) is 16.6 Å². The fraction of sp³-hybridized carbons (Fsp3) is 0.500. The Morgan fingerprint density at radius 1 is 1.32 bits per heavy atom. The maximum atomic E-state index is 12.3. The Hall–Kier alpha value is -1.72. The van der Waals surface area contributed by atoms with E-state index in [2.05, 4.69) is 4.72 Å². The number of nitrogens with one attached hydrogen (secondary N) is 1. The van der Waals surface area contributed by atoms with Gasteiger partial charge < -0.3 is 4.74 Å². The molecule has 0 heterocycles. The van der Waals surface area contributed by atoms with Crippen molar-refractivity contribution in [3.05, 3.63) is 24.3 Å². The van der Waals surface area contributed by atoms with Crippen molar-refractivity contribution in [1.82, 2.24) is 4.72 Å². The summed E-state index contributed by atoms with van der Waals surface area (Å²) in [6.45, 7) is 4.19. The van der Waals surface area contributed by atoms with E-state index in [4.69, 9.17) is 10.00 Å². The number of nitriles is 1. The molecule has 122 valence electrons. The van der Waals surface area contributed by atoms with Gasteiger partial charge >= 0.3 is 0 Å². The van der Waals surface area contributed by atoms with Crippen LogP contribution in [-0.2, 0) is 10.0 Å². The fourth-order valence-electron chi connectivity index (χ4n) is 1.48. The quantitative estimate of drug-likeness (QED) is 0.832. The molecule has 1 rings (SSSR count). The minimum atomic E-state index is -3.90. The molecular formula is C14H18F2N2O3S. The first-order valence-electron chi connectivity index (χ1n) is 6.57. The van der Waals surface area contributed by atoms with Gasteiger partial charge in [-0.05, 0) is 37.1 Å². The molecule has 0 fully saturated rings. The van der Waals surface area contributed by atoms with Crippen LogP contribution in [0.1, 0.15) is 20.8 Å². The van der Waals surface area contributed by atoms with E-state index in [0.717, 1.165) is 0 Å². The summed E-state index contributed by atoms with van der Waals surface area (Å²) in [5.41, 5.74) is -1.25. The highest BCUT2D eigenvalue weighted by molar-refractivity contribution is 7.89. The molecule has 0 aromatic heterocycles. The predicted molar refractivity (Wildman–Crippen MR) is 77.1 cm³/mol. The van der Waals surface area contributed by atoms with Crippen molar-refractivity contribution in [3.8, 4) is 11.8 Å². The second kappa shape index (κ2) is 7.03. The smallest absolute Gasteiger partial charge is 0.272 e. The highest BCUT2D eigenvalue weighted by Crippen LogP contribution is 2.21. The molecule has 0 aliphatic heterocycles. The summed E-state index contributed by atoms with van der Waals surface area (Å²) in [5.74, 6) is -0.0907. The van der Waals surface area contributed by atoms with Gasteiger partial charge in [0.1, 0.15) is 17.9 Å². The van der Waals surface area contributed by atoms with Crippen molar-refractivity contribution < 1.29 is 21.9 Å². The second-order valence-electron chi connectivity index (χ2n) is 5.25. The summed E-state index contributed by atoms with van der Waals surface area (Å²) < 4.78 is 55.7. The van der Waals surface area contributed by atoms with E-state index in [0.29, 0.717) is 0 Å². The van der Waals surface area contributed by atoms with Crippen molar-refractivity contribution in [1.29, 1.82) is 5.26 Å². The fourth-order valence-corrected chi connectivity index (χ4v) is 2.93. The number of hydrogen-bond donors (Lipinski definition) is 1. The predicted octanol–water partition coefficient (Wildman–Crippen LogP) is 2.55. The molecule has 8 heteroatoms. The van der Waals surface area contributed by atoms with Gasteiger partial charge in [-0.15, -0.1) is 0 Å². The topological polar surface area (TPSA) is 79.2 Å². The molecular weight excluding hydrogens is 314 g/mol. The van der Waals surface area contributed by atoms with Gasteiger partial charge in [0.15, 0.2) is 0 Å². The maximum absolute atomic E-state index is 12.3. The van der Waals surface area contributed by atoms with Crippen LogP contribution >= 0.6 is 0 Å². The Morgan fingerprint density at radius 3 is 2.27 bits per heavy atom. The number of halogens is 2. The number of nitrogens with zero attached hydrogens (tertiary/aromatic N) is 1. The van der Waals surface area contributed by atoms with Crippen LogP contribution in [0.15, 0.2) is 29.2 Å². The lowest BCUT2D eigenvalue weighted by Crippen LogP contribution is -2.48. The normalized spacial score (nSPS) is 14.6. The number of sulfonamides is 1. The van der Waals surface area contributed by atoms with Gasteiger partial charge in [0.25, 0.3) is 6.43 Å². The van der Waals surface area contributed by atoms with Crippen LogP contribution in [0.3, 0.4) is 0 Å². The second-order valence-corrected chi connectivity index (χ2v) is 6.93. The molecule has 1 atom stereocenters. The summed E-state index contributed by atoms with van der Waals surface area (Å²) >= 11 is 0. The van der Waals surface area contributed by atoms with Gasteiger partial charge in [-0.3, -0.25) is 0 Å². The number of rotatable bonds is 7. The van der Waals surface area contributed by atoms with Crippen LogP contribution in [0, 0.1) is 17.2 Å². The zero-order valence-electron chi connectivity index (χ0n) is 12.5. The van der Waals surface area contributed by atoms with Gasteiger partial charge in [0, 0.05) is 0 Å². The van der Waals surface area contributed by atoms with Gasteiger partial charge in [-0.2, -0.15) is 9.98 Å². The van der Waals surface area contributed by atoms with Gasteiger partial charge in [0.2, 0.25) is 10.0 Å². The van der Waals surface area contributed by atoms with Gasteiger partial charge in [0.05, 0.1) is 11.0 Å². The number of hydrogen-bond acceptors (Lipinski definition) is 4. The number of benzene rings is 1. The third-order valence-electron chi connectivity index (χ3n) is 3.24. The Labute approximate surface area is 128 Å². The van der Waals surface area contributed by atoms with Crippen molar-refractivity contribution in [3.63, 3.8) is 0 Å². The Bertz CT molecular complexity index is 639. The van der Waals surface area contributed by atoms with Crippen molar-refractivity contribution in [2.45, 2.75) is 37.6 Å². The summed E-state index contributed by atoms with van der Waals surface area (Å²) in [6.07, 6.45) is -2.60. The van der Waals surface area contributed by atoms with Crippen LogP contribution in [0.5, 0.6) is 5.75 Å². The standard InChI is InChI=1S/C14H18F2N2O3S/c1-10(2)14(3,9-17)18-22(19,20)12-6-4-11(5-7-12)21-8-13(15)16/h4-7,10,13,18H,8H2,1-3H3. The molecule has 5 nitrogen and oxygen atoms in total. The molecule has 0 radical (unpaired) electrons. The lowest BCUT2D eigenvalue weighted by atomic mass is 9.92. The molecule has 1 aromatic carbocycles. The van der Waals surface area contributed by atoms with Crippen LogP contribution < -0.4 is 9.46 Å². The minimum Gasteiger partial charge on any atom is -0.488 e. The van der Waals surface area contributed by atoms with E-state index in [1.165, 1.54) is 31.2 Å². The monoisotopic (exact) mass is 332 g/mol. The Balaban J connectivity index is 2.93. The number of ether oxygens (including phenoxy) is 1. The molecule has 0 amide bonds. The average Bonchev–Trinajstić information content (AvgIpc) is 2.44. The van der Waals surface area contributed by atoms with Crippen LogP contribution in [-0.4, -0.2) is 27.0 Å². The highest BCUT2D eigenvalue weighted by Gasteiger charge is 2.33. The van der Waals surface area contributed by atoms with E-state index in [1.807, 2.05) is 6.07 Å². The Kier molecular flexibility index (Phi) is 5.85. The van der Waals surface area contributed by atoms with Crippen LogP contribution in [0.4, 0.5) is 8.78 Å². The number of alkyl halides is 2. The van der Waals surface area contributed by atoms with Crippen LogP contribution in [0.25, 0.3) is 0 Å². The van der Waals surface area contributed by atoms with E-state index < -0.39 is 28.6 Å². The van der Waals surface area contributed by atoms with E-state index in [1.54, 1.807) is 13.8 Å². The van der Waals surface area contributed by atoms with E-state index in [9.17, 15) is 17.2 Å². The van der Waals surface area contributed by atoms with Gasteiger partial charge in [-0.25, -0.2) is 17.2 Å². The summed E-state index contributed by atoms with van der Waals surface area (Å²) in [4.78, 5) is -0.0704. The van der Waals surface area contributed by atoms with Crippen molar-refractivity contribution >= 4 is 10.0 Å². The van der Waals surface area contributed by atoms with E-state index >= 15 is 0 Å². The molecule has 1 N–H and O–H groups in total. The molecule has 0 saturated heterocycles. The largest absolute Gasteiger partial charge is 0.488 e. The molecule has 0 spiro atoms. The molecule has 0 saturated carbocycles. The molecule has 0 aliphatic rings. The lowest BCUT2D eigenvalue weighted by Gasteiger charge is -2.26. The molecule has 0 bridgehead atoms. The third-order valence-corrected chi connectivity index (χ3v) is 4.83. The first-order valence-corrected chi connectivity index (χ1v) is 8.05. The maximum Gasteiger partial charge on any atom is 0.272 e. The Morgan fingerprint density at radius 2 is 1.86 bits per heavy atom. The molecule has 0 aliphatic carbocycles. The first kappa shape index (κ1) is 18.3. The summed E-state index contributed by atoms with van der Waals surface area (Å²) in [6, 6.07) is 7.00. The lowest BCUT2D eigenvalue weighted by molar-refractivity contribution is 0.0819. The first-order chi connectivity index (χ1) is 10.1. The van der Waals surface area contributed by atoms with Crippen molar-refractivity contribution in [2.75, 3.05) is 6.61 Å². The SMILES string of the molecule is CC(C)C(C)(C#N)NS(=O)(=O)c1ccc(OCC(F)F)cc1. The summed E-state index contributed by atoms with van der Waals surface area (Å²) in [5, 5.41) is 9.16. The molecule has 1 aromatic rings. The third kappa shape index (κ3) is 4.64. The highest BCUT2D eigenvalue weighted by atomic mass is 32.2.